The Kier molecular flexibility index (Phi) is 2.50. The Morgan fingerprint density at radius 3 is 2.62 bits per heavy atom. The van der Waals surface area contributed by atoms with Crippen LogP contribution in [0.15, 0.2) is 12.1 Å². The van der Waals surface area contributed by atoms with Crippen molar-refractivity contribution in [1.29, 1.82) is 0 Å². The third-order valence-corrected chi connectivity index (χ3v) is 4.48. The van der Waals surface area contributed by atoms with Gasteiger partial charge in [0.15, 0.2) is 9.84 Å². The minimum absolute atomic E-state index is 0.0325. The number of aromatic carboxylic acids is 1. The highest BCUT2D eigenvalue weighted by Gasteiger charge is 2.26. The third kappa shape index (κ3) is 1.82. The minimum Gasteiger partial charge on any atom is -0.478 e. The zero-order chi connectivity index (χ0) is 11.9. The molecule has 0 radical (unpaired) electrons. The summed E-state index contributed by atoms with van der Waals surface area (Å²) in [5.41, 5.74) is 2.44. The van der Waals surface area contributed by atoms with Crippen LogP contribution in [0.1, 0.15) is 27.0 Å². The van der Waals surface area contributed by atoms with Gasteiger partial charge in [-0.1, -0.05) is 6.07 Å². The number of rotatable bonds is 1. The highest BCUT2D eigenvalue weighted by molar-refractivity contribution is 7.90. The van der Waals surface area contributed by atoms with Gasteiger partial charge >= 0.3 is 5.97 Å². The molecule has 0 bridgehead atoms. The summed E-state index contributed by atoms with van der Waals surface area (Å²) in [6.45, 7) is 1.81. The number of carboxylic acids is 1. The maximum absolute atomic E-state index is 11.5. The van der Waals surface area contributed by atoms with E-state index in [1.54, 1.807) is 12.1 Å². The molecule has 4 nitrogen and oxygen atoms in total. The smallest absolute Gasteiger partial charge is 0.335 e. The van der Waals surface area contributed by atoms with Crippen LogP contribution in [0, 0.1) is 6.92 Å². The number of benzene rings is 1. The summed E-state index contributed by atoms with van der Waals surface area (Å²) in [5.74, 6) is -0.977. The van der Waals surface area contributed by atoms with Crippen LogP contribution in [0.3, 0.4) is 0 Å². The maximum Gasteiger partial charge on any atom is 0.335 e. The molecule has 0 amide bonds. The Balaban J connectivity index is 2.65. The molecule has 5 heteroatoms. The summed E-state index contributed by atoms with van der Waals surface area (Å²) in [6.07, 6.45) is 0.307. The maximum atomic E-state index is 11.5. The van der Waals surface area contributed by atoms with Crippen LogP contribution in [-0.4, -0.2) is 25.2 Å². The fraction of sp³-hybridized carbons (Fsp3) is 0.364. The molecule has 0 atom stereocenters. The van der Waals surface area contributed by atoms with Gasteiger partial charge in [-0.05, 0) is 36.1 Å². The van der Waals surface area contributed by atoms with Crippen molar-refractivity contribution < 1.29 is 18.3 Å². The van der Waals surface area contributed by atoms with Gasteiger partial charge in [-0.3, -0.25) is 0 Å². The molecule has 1 heterocycles. The van der Waals surface area contributed by atoms with E-state index >= 15 is 0 Å². The highest BCUT2D eigenvalue weighted by Crippen LogP contribution is 2.27. The van der Waals surface area contributed by atoms with Crippen LogP contribution in [0.5, 0.6) is 0 Å². The molecule has 0 aliphatic carbocycles. The SMILES string of the molecule is Cc1ccc(C(=O)O)c2c1CS(=O)(=O)CC2. The molecule has 2 rings (SSSR count). The van der Waals surface area contributed by atoms with Crippen LogP contribution < -0.4 is 0 Å². The Bertz CT molecular complexity index is 558. The van der Waals surface area contributed by atoms with Crippen molar-refractivity contribution in [3.8, 4) is 0 Å². The molecule has 1 aromatic rings. The Labute approximate surface area is 93.8 Å². The van der Waals surface area contributed by atoms with Crippen molar-refractivity contribution in [2.75, 3.05) is 5.75 Å². The van der Waals surface area contributed by atoms with Crippen LogP contribution in [0.25, 0.3) is 0 Å². The van der Waals surface area contributed by atoms with Gasteiger partial charge in [0, 0.05) is 0 Å². The summed E-state index contributed by atoms with van der Waals surface area (Å²) in [4.78, 5) is 11.0. The van der Waals surface area contributed by atoms with Crippen LogP contribution >= 0.6 is 0 Å². The molecule has 0 aromatic heterocycles. The molecule has 0 saturated heterocycles. The standard InChI is InChI=1S/C11H12O4S/c1-7-2-3-9(11(12)13)8-4-5-16(14,15)6-10(7)8/h2-3H,4-6H2,1H3,(H,12,13). The van der Waals surface area contributed by atoms with Gasteiger partial charge in [0.1, 0.15) is 0 Å². The highest BCUT2D eigenvalue weighted by atomic mass is 32.2. The monoisotopic (exact) mass is 240 g/mol. The number of carboxylic acid groups (broad SMARTS) is 1. The van der Waals surface area contributed by atoms with Crippen molar-refractivity contribution in [3.05, 3.63) is 34.4 Å². The number of hydrogen-bond acceptors (Lipinski definition) is 3. The van der Waals surface area contributed by atoms with Crippen LogP contribution in [0.4, 0.5) is 0 Å². The average molecular weight is 240 g/mol. The van der Waals surface area contributed by atoms with Gasteiger partial charge in [-0.25, -0.2) is 13.2 Å². The minimum atomic E-state index is -3.05. The predicted octanol–water partition coefficient (Wildman–Crippen LogP) is 1.16. The molecule has 86 valence electrons. The first kappa shape index (κ1) is 11.1. The van der Waals surface area contributed by atoms with E-state index in [9.17, 15) is 13.2 Å². The largest absolute Gasteiger partial charge is 0.478 e. The third-order valence-electron chi connectivity index (χ3n) is 2.92. The predicted molar refractivity (Wildman–Crippen MR) is 59.3 cm³/mol. The Morgan fingerprint density at radius 1 is 1.31 bits per heavy atom. The lowest BCUT2D eigenvalue weighted by Gasteiger charge is -2.20. The fourth-order valence-corrected chi connectivity index (χ4v) is 3.55. The summed E-state index contributed by atoms with van der Waals surface area (Å²) >= 11 is 0. The van der Waals surface area contributed by atoms with Crippen molar-refractivity contribution in [2.24, 2.45) is 0 Å². The molecule has 1 aromatic carbocycles. The molecule has 16 heavy (non-hydrogen) atoms. The van der Waals surface area contributed by atoms with E-state index < -0.39 is 15.8 Å². The van der Waals surface area contributed by atoms with Gasteiger partial charge in [-0.15, -0.1) is 0 Å². The summed E-state index contributed by atoms with van der Waals surface area (Å²) in [5, 5.41) is 9.01. The number of aryl methyl sites for hydroxylation is 1. The molecule has 0 fully saturated rings. The number of sulfone groups is 1. The lowest BCUT2D eigenvalue weighted by molar-refractivity contribution is 0.0695. The molecule has 1 N–H and O–H groups in total. The summed E-state index contributed by atoms with van der Waals surface area (Å²) in [7, 11) is -3.05. The molecular formula is C11H12O4S. The van der Waals surface area contributed by atoms with E-state index in [1.165, 1.54) is 0 Å². The van der Waals surface area contributed by atoms with Gasteiger partial charge in [0.05, 0.1) is 17.1 Å². The molecule has 0 unspecified atom stereocenters. The van der Waals surface area contributed by atoms with Gasteiger partial charge in [0.25, 0.3) is 0 Å². The lowest BCUT2D eigenvalue weighted by Crippen LogP contribution is -2.22. The second-order valence-corrected chi connectivity index (χ2v) is 6.22. The molecular weight excluding hydrogens is 228 g/mol. The van der Waals surface area contributed by atoms with Crippen molar-refractivity contribution in [2.45, 2.75) is 19.1 Å². The van der Waals surface area contributed by atoms with E-state index in [-0.39, 0.29) is 17.1 Å². The lowest BCUT2D eigenvalue weighted by atomic mass is 9.95. The van der Waals surface area contributed by atoms with Gasteiger partial charge in [0.2, 0.25) is 0 Å². The molecule has 1 aliphatic rings. The van der Waals surface area contributed by atoms with Crippen molar-refractivity contribution in [1.82, 2.24) is 0 Å². The Hall–Kier alpha value is -1.36. The average Bonchev–Trinajstić information content (AvgIpc) is 2.18. The number of hydrogen-bond donors (Lipinski definition) is 1. The molecule has 1 aliphatic heterocycles. The second kappa shape index (κ2) is 3.59. The first-order chi connectivity index (χ1) is 7.41. The zero-order valence-electron chi connectivity index (χ0n) is 8.86. The number of fused-ring (bicyclic) bond motifs is 1. The fourth-order valence-electron chi connectivity index (χ4n) is 2.05. The van der Waals surface area contributed by atoms with E-state index in [2.05, 4.69) is 0 Å². The van der Waals surface area contributed by atoms with Gasteiger partial charge < -0.3 is 5.11 Å². The van der Waals surface area contributed by atoms with Crippen molar-refractivity contribution in [3.63, 3.8) is 0 Å². The van der Waals surface area contributed by atoms with E-state index in [1.807, 2.05) is 6.92 Å². The Morgan fingerprint density at radius 2 is 2.00 bits per heavy atom. The number of carbonyl (C=O) groups is 1. The van der Waals surface area contributed by atoms with Crippen molar-refractivity contribution >= 4 is 15.8 Å². The molecule has 0 saturated carbocycles. The molecule has 0 spiro atoms. The van der Waals surface area contributed by atoms with Gasteiger partial charge in [-0.2, -0.15) is 0 Å². The van der Waals surface area contributed by atoms with E-state index in [0.29, 0.717) is 17.5 Å². The quantitative estimate of drug-likeness (QED) is 0.799. The van der Waals surface area contributed by atoms with Crippen LogP contribution in [0.2, 0.25) is 0 Å². The summed E-state index contributed by atoms with van der Waals surface area (Å²) < 4.78 is 23.0. The topological polar surface area (TPSA) is 71.4 Å². The first-order valence-electron chi connectivity index (χ1n) is 4.96. The normalized spacial score (nSPS) is 17.8. The van der Waals surface area contributed by atoms with Crippen LogP contribution in [-0.2, 0) is 22.0 Å². The second-order valence-electron chi connectivity index (χ2n) is 4.03. The summed E-state index contributed by atoms with van der Waals surface area (Å²) in [6, 6.07) is 3.22. The van der Waals surface area contributed by atoms with E-state index in [4.69, 9.17) is 5.11 Å². The zero-order valence-corrected chi connectivity index (χ0v) is 9.67. The van der Waals surface area contributed by atoms with E-state index in [0.717, 1.165) is 5.56 Å². The first-order valence-corrected chi connectivity index (χ1v) is 6.78.